The lowest BCUT2D eigenvalue weighted by Crippen LogP contribution is -2.62. The second kappa shape index (κ2) is 5.95. The van der Waals surface area contributed by atoms with Crippen LogP contribution >= 0.6 is 0 Å². The van der Waals surface area contributed by atoms with Crippen LogP contribution in [0.2, 0.25) is 0 Å². The van der Waals surface area contributed by atoms with Gasteiger partial charge in [-0.3, -0.25) is 14.9 Å². The standard InChI is InChI=1S/C15H21NO7/c1-7-5-23-15(20,8(7)2)14-12(19)13(21-6-22-14)9-3-10(17)16-11(18)4-9/h8-9,12-14,19-20H,1,3-6H2,2H3,(H,16,17,18)/t8-,12-,13+,14+,15-/m1/s1. The first-order valence-electron chi connectivity index (χ1n) is 7.61. The molecule has 3 heterocycles. The molecule has 0 aliphatic carbocycles. The van der Waals surface area contributed by atoms with E-state index in [9.17, 15) is 19.8 Å². The number of hydrogen-bond donors (Lipinski definition) is 3. The number of aliphatic hydroxyl groups is 2. The SMILES string of the molecule is C=C1CO[C@@](O)([C@H]2OCO[C@@H](C3CC(=O)NC(=O)C3)[C@H]2O)[C@@H]1C. The molecule has 0 unspecified atom stereocenters. The van der Waals surface area contributed by atoms with Crippen molar-refractivity contribution in [1.82, 2.24) is 5.32 Å². The third-order valence-corrected chi connectivity index (χ3v) is 4.92. The van der Waals surface area contributed by atoms with Gasteiger partial charge in [0.25, 0.3) is 0 Å². The minimum atomic E-state index is -1.71. The second-order valence-electron chi connectivity index (χ2n) is 6.39. The van der Waals surface area contributed by atoms with Gasteiger partial charge in [0.05, 0.1) is 12.7 Å². The molecule has 0 aromatic rings. The van der Waals surface area contributed by atoms with Crippen molar-refractivity contribution < 1.29 is 34.0 Å². The third kappa shape index (κ3) is 2.81. The number of nitrogens with one attached hydrogen (secondary N) is 1. The molecule has 0 radical (unpaired) electrons. The molecule has 23 heavy (non-hydrogen) atoms. The molecule has 0 aromatic heterocycles. The highest BCUT2D eigenvalue weighted by atomic mass is 16.7. The molecule has 0 spiro atoms. The van der Waals surface area contributed by atoms with Gasteiger partial charge in [0, 0.05) is 24.7 Å². The second-order valence-corrected chi connectivity index (χ2v) is 6.39. The van der Waals surface area contributed by atoms with Crippen LogP contribution in [0.1, 0.15) is 19.8 Å². The maximum atomic E-state index is 11.5. The molecule has 3 rings (SSSR count). The molecule has 3 aliphatic rings. The number of aliphatic hydroxyl groups excluding tert-OH is 1. The first kappa shape index (κ1) is 16.5. The van der Waals surface area contributed by atoms with Crippen LogP contribution in [0.4, 0.5) is 0 Å². The number of carbonyl (C=O) groups is 2. The fraction of sp³-hybridized carbons (Fsp3) is 0.733. The van der Waals surface area contributed by atoms with Crippen molar-refractivity contribution in [2.45, 2.75) is 43.9 Å². The average Bonchev–Trinajstić information content (AvgIpc) is 2.75. The van der Waals surface area contributed by atoms with E-state index in [4.69, 9.17) is 14.2 Å². The Labute approximate surface area is 133 Å². The lowest BCUT2D eigenvalue weighted by atomic mass is 9.81. The number of amides is 2. The van der Waals surface area contributed by atoms with Gasteiger partial charge in [-0.2, -0.15) is 0 Å². The first-order valence-corrected chi connectivity index (χ1v) is 7.61. The van der Waals surface area contributed by atoms with Crippen molar-refractivity contribution >= 4 is 11.8 Å². The molecular formula is C15H21NO7. The Morgan fingerprint density at radius 1 is 1.26 bits per heavy atom. The third-order valence-electron chi connectivity index (χ3n) is 4.92. The largest absolute Gasteiger partial charge is 0.387 e. The molecule has 5 atom stereocenters. The number of piperidine rings is 1. The van der Waals surface area contributed by atoms with Crippen LogP contribution in [0.5, 0.6) is 0 Å². The van der Waals surface area contributed by atoms with Crippen molar-refractivity contribution in [2.24, 2.45) is 11.8 Å². The van der Waals surface area contributed by atoms with Crippen LogP contribution in [0.15, 0.2) is 12.2 Å². The molecule has 3 fully saturated rings. The molecule has 3 aliphatic heterocycles. The quantitative estimate of drug-likeness (QED) is 0.443. The van der Waals surface area contributed by atoms with Gasteiger partial charge < -0.3 is 24.4 Å². The van der Waals surface area contributed by atoms with Crippen molar-refractivity contribution in [3.8, 4) is 0 Å². The van der Waals surface area contributed by atoms with Gasteiger partial charge in [-0.25, -0.2) is 0 Å². The lowest BCUT2D eigenvalue weighted by molar-refractivity contribution is -0.338. The summed E-state index contributed by atoms with van der Waals surface area (Å²) in [5.74, 6) is -3.40. The summed E-state index contributed by atoms with van der Waals surface area (Å²) in [6, 6.07) is 0. The summed E-state index contributed by atoms with van der Waals surface area (Å²) in [6.07, 6.45) is -2.93. The van der Waals surface area contributed by atoms with Crippen molar-refractivity contribution in [2.75, 3.05) is 13.4 Å². The predicted molar refractivity (Wildman–Crippen MR) is 75.7 cm³/mol. The molecule has 0 saturated carbocycles. The van der Waals surface area contributed by atoms with Crippen LogP contribution < -0.4 is 5.32 Å². The maximum Gasteiger partial charge on any atom is 0.226 e. The summed E-state index contributed by atoms with van der Waals surface area (Å²) in [5.41, 5.74) is 0.707. The van der Waals surface area contributed by atoms with E-state index in [0.717, 1.165) is 0 Å². The molecule has 2 amide bonds. The summed E-state index contributed by atoms with van der Waals surface area (Å²) in [5, 5.41) is 23.6. The Kier molecular flexibility index (Phi) is 4.28. The molecule has 0 aromatic carbocycles. The Bertz CT molecular complexity index is 520. The van der Waals surface area contributed by atoms with Gasteiger partial charge in [-0.15, -0.1) is 0 Å². The Balaban J connectivity index is 1.78. The van der Waals surface area contributed by atoms with Gasteiger partial charge in [-0.05, 0) is 5.57 Å². The van der Waals surface area contributed by atoms with Gasteiger partial charge in [0.15, 0.2) is 0 Å². The van der Waals surface area contributed by atoms with Gasteiger partial charge >= 0.3 is 0 Å². The fourth-order valence-electron chi connectivity index (χ4n) is 3.46. The van der Waals surface area contributed by atoms with E-state index in [0.29, 0.717) is 5.57 Å². The van der Waals surface area contributed by atoms with Crippen molar-refractivity contribution in [3.05, 3.63) is 12.2 Å². The van der Waals surface area contributed by atoms with Gasteiger partial charge in [0.2, 0.25) is 17.6 Å². The van der Waals surface area contributed by atoms with Crippen molar-refractivity contribution in [3.63, 3.8) is 0 Å². The van der Waals surface area contributed by atoms with Crippen LogP contribution in [0.3, 0.4) is 0 Å². The van der Waals surface area contributed by atoms with Crippen LogP contribution in [0, 0.1) is 11.8 Å². The first-order chi connectivity index (χ1) is 10.8. The van der Waals surface area contributed by atoms with E-state index in [1.807, 2.05) is 0 Å². The molecule has 3 saturated heterocycles. The lowest BCUT2D eigenvalue weighted by Gasteiger charge is -2.45. The monoisotopic (exact) mass is 327 g/mol. The van der Waals surface area contributed by atoms with E-state index in [-0.39, 0.29) is 26.2 Å². The zero-order chi connectivity index (χ0) is 16.8. The smallest absolute Gasteiger partial charge is 0.226 e. The number of rotatable bonds is 2. The molecular weight excluding hydrogens is 306 g/mol. The summed E-state index contributed by atoms with van der Waals surface area (Å²) in [4.78, 5) is 23.1. The Morgan fingerprint density at radius 2 is 1.91 bits per heavy atom. The van der Waals surface area contributed by atoms with E-state index >= 15 is 0 Å². The Hall–Kier alpha value is -1.32. The van der Waals surface area contributed by atoms with Crippen LogP contribution in [-0.4, -0.2) is 59.5 Å². The van der Waals surface area contributed by atoms with Crippen LogP contribution in [0.25, 0.3) is 0 Å². The minimum Gasteiger partial charge on any atom is -0.387 e. The fourth-order valence-corrected chi connectivity index (χ4v) is 3.46. The summed E-state index contributed by atoms with van der Waals surface area (Å²) >= 11 is 0. The zero-order valence-electron chi connectivity index (χ0n) is 12.9. The van der Waals surface area contributed by atoms with E-state index < -0.39 is 47.7 Å². The molecule has 128 valence electrons. The van der Waals surface area contributed by atoms with Crippen LogP contribution in [-0.2, 0) is 23.8 Å². The van der Waals surface area contributed by atoms with E-state index in [1.165, 1.54) is 0 Å². The molecule has 3 N–H and O–H groups in total. The Morgan fingerprint density at radius 3 is 2.48 bits per heavy atom. The van der Waals surface area contributed by atoms with Gasteiger partial charge in [0.1, 0.15) is 19.0 Å². The highest BCUT2D eigenvalue weighted by Gasteiger charge is 2.56. The normalized spacial score (nSPS) is 42.8. The molecule has 0 bridgehead atoms. The summed E-state index contributed by atoms with van der Waals surface area (Å²) in [7, 11) is 0. The predicted octanol–water partition coefficient (Wildman–Crippen LogP) is -0.947. The number of ether oxygens (including phenoxy) is 3. The minimum absolute atomic E-state index is 0.0712. The topological polar surface area (TPSA) is 114 Å². The maximum absolute atomic E-state index is 11.5. The van der Waals surface area contributed by atoms with Crippen molar-refractivity contribution in [1.29, 1.82) is 0 Å². The zero-order valence-corrected chi connectivity index (χ0v) is 12.9. The highest BCUT2D eigenvalue weighted by molar-refractivity contribution is 5.97. The average molecular weight is 327 g/mol. The summed E-state index contributed by atoms with van der Waals surface area (Å²) in [6.45, 7) is 5.59. The molecule has 8 nitrogen and oxygen atoms in total. The highest BCUT2D eigenvalue weighted by Crippen LogP contribution is 2.41. The number of hydrogen-bond acceptors (Lipinski definition) is 7. The van der Waals surface area contributed by atoms with E-state index in [2.05, 4.69) is 11.9 Å². The molecule has 8 heteroatoms. The van der Waals surface area contributed by atoms with Gasteiger partial charge in [-0.1, -0.05) is 13.5 Å². The number of imide groups is 1. The summed E-state index contributed by atoms with van der Waals surface area (Å²) < 4.78 is 16.2. The van der Waals surface area contributed by atoms with E-state index in [1.54, 1.807) is 6.92 Å². The number of carbonyl (C=O) groups excluding carboxylic acids is 2.